The van der Waals surface area contributed by atoms with Crippen LogP contribution in [-0.4, -0.2) is 25.0 Å². The first-order chi connectivity index (χ1) is 11.1. The smallest absolute Gasteiger partial charge is 0.234 e. The number of carbonyl (C=O) groups is 1. The summed E-state index contributed by atoms with van der Waals surface area (Å²) in [5.41, 5.74) is 1.81. The van der Waals surface area contributed by atoms with Gasteiger partial charge in [-0.3, -0.25) is 4.79 Å². The molecule has 0 atom stereocenters. The third kappa shape index (κ3) is 5.68. The molecule has 0 heterocycles. The second kappa shape index (κ2) is 9.11. The van der Waals surface area contributed by atoms with Crippen molar-refractivity contribution in [3.63, 3.8) is 0 Å². The summed E-state index contributed by atoms with van der Waals surface area (Å²) in [4.78, 5) is 13.2. The largest absolute Gasteiger partial charge is 0.496 e. The summed E-state index contributed by atoms with van der Waals surface area (Å²) in [5, 5.41) is 3.58. The lowest BCUT2D eigenvalue weighted by Gasteiger charge is -2.09. The van der Waals surface area contributed by atoms with E-state index in [-0.39, 0.29) is 5.91 Å². The van der Waals surface area contributed by atoms with E-state index in [1.54, 1.807) is 24.9 Å². The minimum atomic E-state index is -0.0192. The van der Waals surface area contributed by atoms with Crippen LogP contribution in [0.4, 0.5) is 5.69 Å². The van der Waals surface area contributed by atoms with Crippen LogP contribution in [0.25, 0.3) is 0 Å². The van der Waals surface area contributed by atoms with Crippen molar-refractivity contribution in [1.29, 1.82) is 0 Å². The quantitative estimate of drug-likeness (QED) is 0.703. The molecule has 0 aliphatic heterocycles. The zero-order valence-electron chi connectivity index (χ0n) is 13.0. The molecule has 3 nitrogen and oxygen atoms in total. The van der Waals surface area contributed by atoms with Crippen molar-refractivity contribution in [2.45, 2.75) is 10.6 Å². The van der Waals surface area contributed by atoms with E-state index in [4.69, 9.17) is 16.3 Å². The Morgan fingerprint density at radius 3 is 2.83 bits per heavy atom. The topological polar surface area (TPSA) is 38.3 Å². The molecule has 0 aliphatic rings. The van der Waals surface area contributed by atoms with Crippen LogP contribution in [0.3, 0.4) is 0 Å². The highest BCUT2D eigenvalue weighted by Crippen LogP contribution is 2.26. The van der Waals surface area contributed by atoms with Crippen molar-refractivity contribution in [3.8, 4) is 5.75 Å². The molecule has 0 aliphatic carbocycles. The molecule has 0 bridgehead atoms. The number of hydrogen-bond donors (Lipinski definition) is 1. The van der Waals surface area contributed by atoms with Gasteiger partial charge in [0.2, 0.25) is 5.91 Å². The average Bonchev–Trinajstić information content (AvgIpc) is 2.55. The molecular weight excluding hydrogens is 350 g/mol. The summed E-state index contributed by atoms with van der Waals surface area (Å²) >= 11 is 9.18. The molecule has 1 N–H and O–H groups in total. The summed E-state index contributed by atoms with van der Waals surface area (Å²) in [7, 11) is 1.63. The van der Waals surface area contributed by atoms with Gasteiger partial charge in [0.05, 0.1) is 12.9 Å². The van der Waals surface area contributed by atoms with Gasteiger partial charge in [-0.05, 0) is 42.7 Å². The number of hydrogen-bond acceptors (Lipinski definition) is 4. The predicted octanol–water partition coefficient (Wildman–Crippen LogP) is 4.94. The van der Waals surface area contributed by atoms with E-state index in [1.165, 1.54) is 11.8 Å². The van der Waals surface area contributed by atoms with E-state index in [0.717, 1.165) is 21.9 Å². The molecule has 0 spiro atoms. The van der Waals surface area contributed by atoms with Gasteiger partial charge in [-0.1, -0.05) is 17.7 Å². The second-order valence-electron chi connectivity index (χ2n) is 4.73. The molecule has 23 heavy (non-hydrogen) atoms. The first-order valence-electron chi connectivity index (χ1n) is 6.96. The molecule has 0 unspecified atom stereocenters. The number of halogens is 1. The lowest BCUT2D eigenvalue weighted by atomic mass is 10.2. The summed E-state index contributed by atoms with van der Waals surface area (Å²) in [6.07, 6.45) is 2.01. The van der Waals surface area contributed by atoms with Crippen molar-refractivity contribution in [2.24, 2.45) is 0 Å². The molecule has 2 aromatic rings. The van der Waals surface area contributed by atoms with Crippen LogP contribution in [0.5, 0.6) is 5.75 Å². The van der Waals surface area contributed by atoms with Gasteiger partial charge in [-0.15, -0.1) is 23.5 Å². The molecule has 0 radical (unpaired) electrons. The first-order valence-corrected chi connectivity index (χ1v) is 9.72. The van der Waals surface area contributed by atoms with Crippen LogP contribution in [0, 0.1) is 0 Å². The van der Waals surface area contributed by atoms with Gasteiger partial charge in [0.25, 0.3) is 0 Å². The predicted molar refractivity (Wildman–Crippen MR) is 101 cm³/mol. The van der Waals surface area contributed by atoms with Gasteiger partial charge in [0.15, 0.2) is 0 Å². The SMILES string of the molecule is COc1ccc(Cl)cc1CSCC(=O)Nc1cccc(SC)c1. The molecule has 2 aromatic carbocycles. The van der Waals surface area contributed by atoms with Crippen molar-refractivity contribution >= 4 is 46.7 Å². The highest BCUT2D eigenvalue weighted by Gasteiger charge is 2.07. The van der Waals surface area contributed by atoms with Crippen LogP contribution in [0.1, 0.15) is 5.56 Å². The van der Waals surface area contributed by atoms with E-state index in [2.05, 4.69) is 5.32 Å². The van der Waals surface area contributed by atoms with Crippen LogP contribution in [0.15, 0.2) is 47.4 Å². The third-order valence-electron chi connectivity index (χ3n) is 3.09. The Hall–Kier alpha value is -1.30. The minimum absolute atomic E-state index is 0.0192. The van der Waals surface area contributed by atoms with E-state index in [9.17, 15) is 4.79 Å². The number of carbonyl (C=O) groups excluding carboxylic acids is 1. The standard InChI is InChI=1S/C17H18ClNO2S2/c1-21-16-7-6-13(18)8-12(16)10-23-11-17(20)19-14-4-3-5-15(9-14)22-2/h3-9H,10-11H2,1-2H3,(H,19,20). The molecule has 122 valence electrons. The molecular formula is C17H18ClNO2S2. The number of nitrogens with one attached hydrogen (secondary N) is 1. The van der Waals surface area contributed by atoms with Crippen molar-refractivity contribution in [3.05, 3.63) is 53.1 Å². The van der Waals surface area contributed by atoms with Crippen LogP contribution < -0.4 is 10.1 Å². The highest BCUT2D eigenvalue weighted by molar-refractivity contribution is 7.99. The normalized spacial score (nSPS) is 10.4. The van der Waals surface area contributed by atoms with Gasteiger partial charge in [-0.25, -0.2) is 0 Å². The Morgan fingerprint density at radius 1 is 1.26 bits per heavy atom. The Kier molecular flexibility index (Phi) is 7.15. The molecule has 0 saturated carbocycles. The van der Waals surface area contributed by atoms with Crippen LogP contribution in [0.2, 0.25) is 5.02 Å². The Bertz CT molecular complexity index is 679. The summed E-state index contributed by atoms with van der Waals surface area (Å²) in [6.45, 7) is 0. The Labute approximate surface area is 150 Å². The molecule has 0 saturated heterocycles. The third-order valence-corrected chi connectivity index (χ3v) is 5.03. The minimum Gasteiger partial charge on any atom is -0.496 e. The van der Waals surface area contributed by atoms with Gasteiger partial charge >= 0.3 is 0 Å². The average molecular weight is 368 g/mol. The fraction of sp³-hybridized carbons (Fsp3) is 0.235. The molecule has 6 heteroatoms. The molecule has 0 aromatic heterocycles. The second-order valence-corrected chi connectivity index (χ2v) is 7.03. The number of amides is 1. The molecule has 0 fully saturated rings. The lowest BCUT2D eigenvalue weighted by Crippen LogP contribution is -2.14. The van der Waals surface area contributed by atoms with Gasteiger partial charge < -0.3 is 10.1 Å². The van der Waals surface area contributed by atoms with Gasteiger partial charge in [-0.2, -0.15) is 0 Å². The summed E-state index contributed by atoms with van der Waals surface area (Å²) in [5.74, 6) is 1.81. The van der Waals surface area contributed by atoms with Gasteiger partial charge in [0.1, 0.15) is 5.75 Å². The van der Waals surface area contributed by atoms with Crippen LogP contribution >= 0.6 is 35.1 Å². The maximum atomic E-state index is 12.0. The maximum absolute atomic E-state index is 12.0. The number of anilines is 1. The maximum Gasteiger partial charge on any atom is 0.234 e. The number of rotatable bonds is 7. The number of benzene rings is 2. The van der Waals surface area contributed by atoms with Gasteiger partial charge in [0, 0.05) is 26.9 Å². The zero-order valence-corrected chi connectivity index (χ0v) is 15.4. The van der Waals surface area contributed by atoms with E-state index in [1.807, 2.05) is 42.7 Å². The van der Waals surface area contributed by atoms with Crippen molar-refractivity contribution in [2.75, 3.05) is 24.4 Å². The van der Waals surface area contributed by atoms with Crippen molar-refractivity contribution in [1.82, 2.24) is 0 Å². The van der Waals surface area contributed by atoms with Crippen LogP contribution in [-0.2, 0) is 10.5 Å². The summed E-state index contributed by atoms with van der Waals surface area (Å²) < 4.78 is 5.30. The number of ether oxygens (including phenoxy) is 1. The Morgan fingerprint density at radius 2 is 2.09 bits per heavy atom. The van der Waals surface area contributed by atoms with E-state index >= 15 is 0 Å². The highest BCUT2D eigenvalue weighted by atomic mass is 35.5. The fourth-order valence-electron chi connectivity index (χ4n) is 2.01. The Balaban J connectivity index is 1.86. The number of methoxy groups -OCH3 is 1. The summed E-state index contributed by atoms with van der Waals surface area (Å²) in [6, 6.07) is 13.3. The molecule has 2 rings (SSSR count). The van der Waals surface area contributed by atoms with E-state index < -0.39 is 0 Å². The van der Waals surface area contributed by atoms with E-state index in [0.29, 0.717) is 16.5 Å². The fourth-order valence-corrected chi connectivity index (χ4v) is 3.47. The lowest BCUT2D eigenvalue weighted by molar-refractivity contribution is -0.113. The first kappa shape index (κ1) is 18.0. The van der Waals surface area contributed by atoms with Crippen molar-refractivity contribution < 1.29 is 9.53 Å². The zero-order chi connectivity index (χ0) is 16.7. The molecule has 1 amide bonds. The number of thioether (sulfide) groups is 2. The monoisotopic (exact) mass is 367 g/mol.